The van der Waals surface area contributed by atoms with E-state index in [9.17, 15) is 36.2 Å². The summed E-state index contributed by atoms with van der Waals surface area (Å²) in [7, 11) is -3.93. The summed E-state index contributed by atoms with van der Waals surface area (Å²) in [6.45, 7) is 6.40. The van der Waals surface area contributed by atoms with Crippen molar-refractivity contribution >= 4 is 7.82 Å². The average Bonchev–Trinajstić information content (AvgIpc) is 3.38. The van der Waals surface area contributed by atoms with E-state index >= 15 is 0 Å². The number of ether oxygens (including phenoxy) is 4. The zero-order valence-corrected chi connectivity index (χ0v) is 31.2. The summed E-state index contributed by atoms with van der Waals surface area (Å²) in [5.41, 5.74) is -2.27. The second-order valence-electron chi connectivity index (χ2n) is 16.2. The molecule has 0 aromatic rings. The van der Waals surface area contributed by atoms with Crippen LogP contribution < -0.4 is 0 Å². The fourth-order valence-corrected chi connectivity index (χ4v) is 11.3. The SMILES string of the molecule is COP(=O)(OCC1=C(C(F)(F)F)O[C@@]2(C)O[C@](C)(OO)CCC3C2[C@H]1CC[C@H]3C)OCC1=C(C(F)(F)F)O[C@@H]2OC3(C)CCC4[C@H](C)CC[C@@H]1[C@]42OO3. The monoisotopic (exact) mass is 792 g/mol. The highest BCUT2D eigenvalue weighted by atomic mass is 31.2. The maximum absolute atomic E-state index is 14.8. The van der Waals surface area contributed by atoms with Gasteiger partial charge in [0, 0.05) is 55.8 Å². The van der Waals surface area contributed by atoms with Gasteiger partial charge in [0.15, 0.2) is 5.60 Å². The molecule has 1 N–H and O–H groups in total. The van der Waals surface area contributed by atoms with E-state index in [-0.39, 0.29) is 48.5 Å². The van der Waals surface area contributed by atoms with E-state index in [2.05, 4.69) is 4.89 Å². The van der Waals surface area contributed by atoms with Gasteiger partial charge in [-0.2, -0.15) is 26.3 Å². The molecular weight excluding hydrogens is 745 g/mol. The lowest BCUT2D eigenvalue weighted by Gasteiger charge is -2.57. The van der Waals surface area contributed by atoms with E-state index in [0.717, 1.165) is 7.11 Å². The van der Waals surface area contributed by atoms with Gasteiger partial charge in [0.25, 0.3) is 0 Å². The van der Waals surface area contributed by atoms with Gasteiger partial charge in [0.1, 0.15) is 0 Å². The second-order valence-corrected chi connectivity index (χ2v) is 18.0. The Labute approximate surface area is 303 Å². The lowest BCUT2D eigenvalue weighted by atomic mass is 9.59. The van der Waals surface area contributed by atoms with Crippen molar-refractivity contribution in [1.29, 1.82) is 0 Å². The molecule has 4 saturated heterocycles. The number of phosphoric acid groups is 1. The molecule has 0 radical (unpaired) electrons. The van der Waals surface area contributed by atoms with Gasteiger partial charge >= 0.3 is 20.2 Å². The lowest BCUT2D eigenvalue weighted by molar-refractivity contribution is -0.557. The molecule has 1 spiro atoms. The number of alkyl halides is 6. The van der Waals surface area contributed by atoms with Crippen molar-refractivity contribution in [3.05, 3.63) is 22.7 Å². The van der Waals surface area contributed by atoms with Crippen molar-refractivity contribution in [3.63, 3.8) is 0 Å². The number of hydrogen-bond donors (Lipinski definition) is 1. The molecular formula is C34H47F6O12P. The van der Waals surface area contributed by atoms with Gasteiger partial charge < -0.3 is 18.9 Å². The van der Waals surface area contributed by atoms with Gasteiger partial charge in [-0.25, -0.2) is 24.5 Å². The first-order valence-corrected chi connectivity index (χ1v) is 19.6. The maximum Gasteiger partial charge on any atom is 0.475 e. The second kappa shape index (κ2) is 13.3. The van der Waals surface area contributed by atoms with Crippen molar-refractivity contribution < 1.29 is 83.3 Å². The largest absolute Gasteiger partial charge is 0.475 e. The molecule has 13 atom stereocenters. The first-order valence-electron chi connectivity index (χ1n) is 18.1. The van der Waals surface area contributed by atoms with Gasteiger partial charge in [-0.1, -0.05) is 13.8 Å². The van der Waals surface area contributed by atoms with Crippen LogP contribution in [0.15, 0.2) is 22.7 Å². The number of hydrogen-bond acceptors (Lipinski definition) is 12. The Morgan fingerprint density at radius 3 is 2.15 bits per heavy atom. The molecule has 0 aromatic carbocycles. The standard InChI is InChI=1S/C34H47F6O12P/c1-17-7-9-20-21(27(34(38,39)40)47-31(5)25(20)19(17)11-13-30(4,49-31)50-41)15-44-53(42,43-6)45-16-22-24-10-8-18(2)23-12-14-29(3)48-28(32(23,24)52-51-29)46-26(22)33(35,36)37/h17-20,23-25,28,41H,7-16H2,1-6H3/t17-,18-,19?,20+,23?,24+,25?,28-,29?,30-,31+,32-,53?/m1/s1. The molecule has 6 aliphatic heterocycles. The van der Waals surface area contributed by atoms with Crippen LogP contribution in [-0.4, -0.2) is 67.2 Å². The summed E-state index contributed by atoms with van der Waals surface area (Å²) in [4.78, 5) is 16.2. The fraction of sp³-hybridized carbons (Fsp3) is 0.882. The minimum atomic E-state index is -5.06. The summed E-state index contributed by atoms with van der Waals surface area (Å²) in [6, 6.07) is 0. The third-order valence-electron chi connectivity index (χ3n) is 12.9. The van der Waals surface area contributed by atoms with Crippen LogP contribution >= 0.6 is 7.82 Å². The van der Waals surface area contributed by atoms with Crippen molar-refractivity contribution in [3.8, 4) is 0 Å². The molecule has 2 bridgehead atoms. The van der Waals surface area contributed by atoms with Gasteiger partial charge in [0.2, 0.25) is 35.2 Å². The molecule has 0 amide bonds. The van der Waals surface area contributed by atoms with Gasteiger partial charge in [-0.3, -0.25) is 13.6 Å². The van der Waals surface area contributed by atoms with Gasteiger partial charge in [-0.15, -0.1) is 0 Å². The summed E-state index contributed by atoms with van der Waals surface area (Å²) >= 11 is 0. The number of fused-ring (bicyclic) bond motifs is 2. The van der Waals surface area contributed by atoms with Crippen LogP contribution in [0.5, 0.6) is 0 Å². The molecule has 19 heteroatoms. The summed E-state index contributed by atoms with van der Waals surface area (Å²) in [5, 5.41) is 9.65. The Hall–Kier alpha value is -1.47. The molecule has 6 heterocycles. The van der Waals surface area contributed by atoms with Crippen LogP contribution in [0, 0.1) is 41.4 Å². The molecule has 12 nitrogen and oxygen atoms in total. The minimum absolute atomic E-state index is 0.00910. The highest BCUT2D eigenvalue weighted by Gasteiger charge is 2.70. The number of halogens is 6. The number of phosphoric ester groups is 1. The third kappa shape index (κ3) is 6.67. The minimum Gasteiger partial charge on any atom is -0.457 e. The Kier molecular flexibility index (Phi) is 9.98. The van der Waals surface area contributed by atoms with E-state index in [1.807, 2.05) is 13.8 Å². The van der Waals surface area contributed by atoms with Crippen LogP contribution in [0.4, 0.5) is 26.3 Å². The first-order chi connectivity index (χ1) is 24.6. The fourth-order valence-electron chi connectivity index (χ4n) is 10.4. The molecule has 2 saturated carbocycles. The highest BCUT2D eigenvalue weighted by Crippen LogP contribution is 2.63. The van der Waals surface area contributed by atoms with E-state index in [4.69, 9.17) is 42.3 Å². The van der Waals surface area contributed by atoms with Crippen LogP contribution in [-0.2, 0) is 51.7 Å². The van der Waals surface area contributed by atoms with Crippen LogP contribution in [0.1, 0.15) is 86.0 Å². The predicted octanol–water partition coefficient (Wildman–Crippen LogP) is 8.69. The third-order valence-corrected chi connectivity index (χ3v) is 14.2. The molecule has 0 aromatic heterocycles. The molecule has 302 valence electrons. The van der Waals surface area contributed by atoms with Crippen molar-refractivity contribution in [1.82, 2.24) is 0 Å². The van der Waals surface area contributed by atoms with E-state index in [0.29, 0.717) is 32.1 Å². The summed E-state index contributed by atoms with van der Waals surface area (Å²) in [6.07, 6.45) is -8.56. The molecule has 6 fully saturated rings. The van der Waals surface area contributed by atoms with Crippen molar-refractivity contribution in [2.24, 2.45) is 41.4 Å². The lowest BCUT2D eigenvalue weighted by Crippen LogP contribution is -2.67. The van der Waals surface area contributed by atoms with Crippen LogP contribution in [0.2, 0.25) is 0 Å². The van der Waals surface area contributed by atoms with Gasteiger partial charge in [0.05, 0.1) is 13.2 Å². The van der Waals surface area contributed by atoms with Crippen LogP contribution in [0.3, 0.4) is 0 Å². The normalized spacial score (nSPS) is 45.3. The maximum atomic E-state index is 14.8. The number of allylic oxidation sites excluding steroid dienone is 2. The van der Waals surface area contributed by atoms with Crippen LogP contribution in [0.25, 0.3) is 0 Å². The van der Waals surface area contributed by atoms with E-state index < -0.39 is 97.5 Å². The summed E-state index contributed by atoms with van der Waals surface area (Å²) < 4.78 is 142. The Morgan fingerprint density at radius 1 is 0.849 bits per heavy atom. The zero-order valence-electron chi connectivity index (χ0n) is 30.3. The number of rotatable bonds is 8. The first kappa shape index (κ1) is 39.8. The van der Waals surface area contributed by atoms with Gasteiger partial charge in [-0.05, 0) is 76.0 Å². The van der Waals surface area contributed by atoms with E-state index in [1.54, 1.807) is 6.92 Å². The Bertz CT molecular complexity index is 1560. The molecule has 2 aliphatic carbocycles. The molecule has 8 rings (SSSR count). The van der Waals surface area contributed by atoms with Crippen molar-refractivity contribution in [2.75, 3.05) is 20.3 Å². The van der Waals surface area contributed by atoms with Crippen molar-refractivity contribution in [2.45, 2.75) is 128 Å². The Balaban J connectivity index is 1.19. The Morgan fingerprint density at radius 2 is 1.51 bits per heavy atom. The highest BCUT2D eigenvalue weighted by molar-refractivity contribution is 7.48. The molecule has 5 unspecified atom stereocenters. The molecule has 53 heavy (non-hydrogen) atoms. The quantitative estimate of drug-likeness (QED) is 0.109. The average molecular weight is 793 g/mol. The smallest absolute Gasteiger partial charge is 0.457 e. The topological polar surface area (TPSA) is 130 Å². The summed E-state index contributed by atoms with van der Waals surface area (Å²) in [5.74, 6) is -10.7. The molecule has 8 aliphatic rings. The zero-order chi connectivity index (χ0) is 38.6. The van der Waals surface area contributed by atoms with E-state index in [1.165, 1.54) is 13.8 Å². The predicted molar refractivity (Wildman–Crippen MR) is 167 cm³/mol.